The molecule has 0 spiro atoms. The maximum absolute atomic E-state index is 13.3. The Bertz CT molecular complexity index is 1430. The average molecular weight is 472 g/mol. The summed E-state index contributed by atoms with van der Waals surface area (Å²) < 4.78 is 6.38. The molecule has 1 N–H and O–H groups in total. The lowest BCUT2D eigenvalue weighted by Gasteiger charge is -2.22. The van der Waals surface area contributed by atoms with Crippen LogP contribution in [0.15, 0.2) is 72.6 Å². The van der Waals surface area contributed by atoms with Gasteiger partial charge in [-0.3, -0.25) is 19.5 Å². The molecule has 8 heteroatoms. The predicted molar refractivity (Wildman–Crippen MR) is 131 cm³/mol. The molecule has 170 valence electrons. The molecule has 2 aromatic heterocycles. The number of carbonyl (C=O) groups excluding carboxylic acids is 2. The molecule has 1 unspecified atom stereocenters. The summed E-state index contributed by atoms with van der Waals surface area (Å²) in [5, 5.41) is 11.6. The maximum atomic E-state index is 13.3. The normalized spacial score (nSPS) is 17.5. The number of hydrogen-bond acceptors (Lipinski definition) is 7. The van der Waals surface area contributed by atoms with Gasteiger partial charge in [-0.15, -0.1) is 0 Å². The van der Waals surface area contributed by atoms with Crippen molar-refractivity contribution in [3.05, 3.63) is 89.3 Å². The number of thiazole rings is 1. The van der Waals surface area contributed by atoms with Gasteiger partial charge in [-0.25, -0.2) is 4.98 Å². The minimum absolute atomic E-state index is 0.01000. The topological polar surface area (TPSA) is 92.6 Å². The van der Waals surface area contributed by atoms with E-state index in [1.807, 2.05) is 32.0 Å². The van der Waals surface area contributed by atoms with Gasteiger partial charge in [0.1, 0.15) is 11.5 Å². The highest BCUT2D eigenvalue weighted by atomic mass is 32.1. The molecule has 3 heterocycles. The fourth-order valence-corrected chi connectivity index (χ4v) is 5.14. The minimum atomic E-state index is -0.837. The first-order valence-corrected chi connectivity index (χ1v) is 11.6. The zero-order valence-electron chi connectivity index (χ0n) is 18.6. The zero-order valence-corrected chi connectivity index (χ0v) is 19.4. The third kappa shape index (κ3) is 3.72. The van der Waals surface area contributed by atoms with Crippen molar-refractivity contribution >= 4 is 44.1 Å². The minimum Gasteiger partial charge on any atom is -0.507 e. The Balaban J connectivity index is 1.67. The monoisotopic (exact) mass is 471 g/mol. The number of fused-ring (bicyclic) bond motifs is 1. The van der Waals surface area contributed by atoms with Crippen molar-refractivity contribution < 1.29 is 19.4 Å². The Kier molecular flexibility index (Phi) is 5.59. The van der Waals surface area contributed by atoms with E-state index >= 15 is 0 Å². The Hall–Kier alpha value is -4.04. The Morgan fingerprint density at radius 3 is 2.53 bits per heavy atom. The molecule has 0 aliphatic carbocycles. The van der Waals surface area contributed by atoms with Gasteiger partial charge in [0.15, 0.2) is 5.13 Å². The van der Waals surface area contributed by atoms with Crippen molar-refractivity contribution in [2.45, 2.75) is 19.9 Å². The number of anilines is 1. The van der Waals surface area contributed by atoms with Gasteiger partial charge in [0.25, 0.3) is 5.78 Å². The van der Waals surface area contributed by atoms with Gasteiger partial charge in [0, 0.05) is 18.0 Å². The lowest BCUT2D eigenvalue weighted by Crippen LogP contribution is -2.29. The van der Waals surface area contributed by atoms with E-state index in [1.165, 1.54) is 16.2 Å². The Morgan fingerprint density at radius 2 is 1.82 bits per heavy atom. The van der Waals surface area contributed by atoms with Crippen LogP contribution < -0.4 is 9.64 Å². The van der Waals surface area contributed by atoms with Gasteiger partial charge < -0.3 is 9.84 Å². The molecule has 1 amide bonds. The molecule has 2 aromatic carbocycles. The average Bonchev–Trinajstić information content (AvgIpc) is 3.37. The molecule has 0 bridgehead atoms. The van der Waals surface area contributed by atoms with E-state index in [0.717, 1.165) is 15.8 Å². The lowest BCUT2D eigenvalue weighted by atomic mass is 9.96. The number of hydrogen-bond donors (Lipinski definition) is 1. The van der Waals surface area contributed by atoms with Crippen molar-refractivity contribution in [2.24, 2.45) is 0 Å². The van der Waals surface area contributed by atoms with Crippen molar-refractivity contribution in [2.75, 3.05) is 11.5 Å². The second-order valence-corrected chi connectivity index (χ2v) is 8.88. The fraction of sp³-hybridized carbons (Fsp3) is 0.154. The summed E-state index contributed by atoms with van der Waals surface area (Å²) in [5.74, 6) is -1.09. The van der Waals surface area contributed by atoms with Crippen molar-refractivity contribution in [3.8, 4) is 5.75 Å². The number of nitrogens with zero attached hydrogens (tertiary/aromatic N) is 3. The van der Waals surface area contributed by atoms with Gasteiger partial charge in [-0.2, -0.15) is 0 Å². The van der Waals surface area contributed by atoms with Crippen LogP contribution in [0.5, 0.6) is 5.75 Å². The van der Waals surface area contributed by atoms with E-state index in [-0.39, 0.29) is 11.3 Å². The first kappa shape index (κ1) is 21.8. The van der Waals surface area contributed by atoms with Crippen LogP contribution in [-0.2, 0) is 9.59 Å². The van der Waals surface area contributed by atoms with Gasteiger partial charge in [-0.05, 0) is 73.5 Å². The van der Waals surface area contributed by atoms with E-state index in [1.54, 1.807) is 48.8 Å². The summed E-state index contributed by atoms with van der Waals surface area (Å²) in [6.07, 6.45) is 3.18. The molecule has 5 rings (SSSR count). The van der Waals surface area contributed by atoms with Gasteiger partial charge >= 0.3 is 5.91 Å². The second kappa shape index (κ2) is 8.72. The quantitative estimate of drug-likeness (QED) is 0.249. The second-order valence-electron chi connectivity index (χ2n) is 7.87. The van der Waals surface area contributed by atoms with Crippen LogP contribution in [0.2, 0.25) is 0 Å². The van der Waals surface area contributed by atoms with Crippen LogP contribution in [0.4, 0.5) is 5.13 Å². The summed E-state index contributed by atoms with van der Waals surface area (Å²) in [6.45, 7) is 4.38. The Labute approximate surface area is 200 Å². The molecule has 1 fully saturated rings. The van der Waals surface area contributed by atoms with Crippen LogP contribution >= 0.6 is 11.3 Å². The number of Topliss-reactive ketones (excluding diaryl/α,β-unsaturated/α-hetero) is 1. The molecule has 4 aromatic rings. The number of carbonyl (C=O) groups is 2. The molecule has 1 aliphatic rings. The highest BCUT2D eigenvalue weighted by molar-refractivity contribution is 7.22. The number of aliphatic hydroxyl groups excluding tert-OH is 1. The maximum Gasteiger partial charge on any atom is 0.301 e. The van der Waals surface area contributed by atoms with Crippen molar-refractivity contribution in [1.29, 1.82) is 0 Å². The summed E-state index contributed by atoms with van der Waals surface area (Å²) >= 11 is 1.34. The number of ether oxygens (including phenoxy) is 1. The largest absolute Gasteiger partial charge is 0.507 e. The summed E-state index contributed by atoms with van der Waals surface area (Å²) in [4.78, 5) is 36.6. The molecule has 1 atom stereocenters. The molecule has 1 aliphatic heterocycles. The summed E-state index contributed by atoms with van der Waals surface area (Å²) in [6, 6.07) is 15.2. The number of aryl methyl sites for hydroxylation is 1. The standard InChI is InChI=1S/C26H21N3O4S/c1-3-33-18-7-5-17(6-8-18)23(30)21-22(16-10-12-27-13-11-16)29(25(32)24(21)31)26-28-19-9-4-15(2)14-20(19)34-26/h4-14,22,30H,3H2,1-2H3/b23-21+. The van der Waals surface area contributed by atoms with E-state index in [0.29, 0.717) is 28.6 Å². The highest BCUT2D eigenvalue weighted by Gasteiger charge is 2.48. The van der Waals surface area contributed by atoms with Crippen molar-refractivity contribution in [3.63, 3.8) is 0 Å². The molecule has 0 radical (unpaired) electrons. The molecular weight excluding hydrogens is 450 g/mol. The number of rotatable bonds is 5. The van der Waals surface area contributed by atoms with Crippen LogP contribution in [0.1, 0.15) is 29.7 Å². The molecular formula is C26H21N3O4S. The number of pyridine rings is 1. The predicted octanol–water partition coefficient (Wildman–Crippen LogP) is 5.02. The van der Waals surface area contributed by atoms with Crippen LogP contribution in [-0.4, -0.2) is 33.4 Å². The van der Waals surface area contributed by atoms with E-state index in [9.17, 15) is 14.7 Å². The smallest absolute Gasteiger partial charge is 0.301 e. The third-order valence-corrected chi connectivity index (χ3v) is 6.66. The van der Waals surface area contributed by atoms with Gasteiger partial charge in [0.05, 0.1) is 28.4 Å². The van der Waals surface area contributed by atoms with Crippen molar-refractivity contribution in [1.82, 2.24) is 9.97 Å². The molecule has 0 saturated carbocycles. The number of aliphatic hydroxyl groups is 1. The number of aromatic nitrogens is 2. The SMILES string of the molecule is CCOc1ccc(/C(O)=C2\C(=O)C(=O)N(c3nc4ccc(C)cc4s3)C2c2ccncc2)cc1. The molecule has 1 saturated heterocycles. The molecule has 7 nitrogen and oxygen atoms in total. The third-order valence-electron chi connectivity index (χ3n) is 5.64. The van der Waals surface area contributed by atoms with Gasteiger partial charge in [0.2, 0.25) is 0 Å². The van der Waals surface area contributed by atoms with Crippen LogP contribution in [0, 0.1) is 6.92 Å². The van der Waals surface area contributed by atoms with E-state index in [4.69, 9.17) is 4.74 Å². The van der Waals surface area contributed by atoms with E-state index < -0.39 is 17.7 Å². The fourth-order valence-electron chi connectivity index (χ4n) is 4.04. The lowest BCUT2D eigenvalue weighted by molar-refractivity contribution is -0.132. The molecule has 34 heavy (non-hydrogen) atoms. The number of amides is 1. The first-order chi connectivity index (χ1) is 16.5. The Morgan fingerprint density at radius 1 is 1.09 bits per heavy atom. The first-order valence-electron chi connectivity index (χ1n) is 10.8. The number of benzene rings is 2. The van der Waals surface area contributed by atoms with E-state index in [2.05, 4.69) is 9.97 Å². The number of ketones is 1. The van der Waals surface area contributed by atoms with Crippen LogP contribution in [0.25, 0.3) is 16.0 Å². The summed E-state index contributed by atoms with van der Waals surface area (Å²) in [7, 11) is 0. The van der Waals surface area contributed by atoms with Gasteiger partial charge in [-0.1, -0.05) is 17.4 Å². The highest BCUT2D eigenvalue weighted by Crippen LogP contribution is 2.44. The zero-order chi connectivity index (χ0) is 23.8. The summed E-state index contributed by atoms with van der Waals surface area (Å²) in [5.41, 5.74) is 2.90. The van der Waals surface area contributed by atoms with Crippen LogP contribution in [0.3, 0.4) is 0 Å².